The lowest BCUT2D eigenvalue weighted by Gasteiger charge is -2.11. The molecule has 0 aliphatic carbocycles. The maximum absolute atomic E-state index is 11.2. The zero-order valence-corrected chi connectivity index (χ0v) is 8.31. The van der Waals surface area contributed by atoms with E-state index in [4.69, 9.17) is 0 Å². The molecule has 6 heteroatoms. The molecule has 0 heterocycles. The Kier molecular flexibility index (Phi) is 5.96. The summed E-state index contributed by atoms with van der Waals surface area (Å²) in [5, 5.41) is 3.70. The van der Waals surface area contributed by atoms with Gasteiger partial charge in [-0.15, -0.1) is 11.8 Å². The summed E-state index contributed by atoms with van der Waals surface area (Å²) in [5.74, 6) is -0.685. The number of nitrogens with one attached hydrogen (secondary N) is 2. The Labute approximate surface area is 80.6 Å². The first-order valence-corrected chi connectivity index (χ1v) is 4.79. The van der Waals surface area contributed by atoms with Crippen molar-refractivity contribution in [1.82, 2.24) is 10.6 Å². The van der Waals surface area contributed by atoms with Gasteiger partial charge in [-0.3, -0.25) is 14.4 Å². The van der Waals surface area contributed by atoms with Crippen LogP contribution in [0.5, 0.6) is 0 Å². The van der Waals surface area contributed by atoms with Crippen LogP contribution < -0.4 is 10.6 Å². The van der Waals surface area contributed by atoms with E-state index in [0.29, 0.717) is 12.2 Å². The van der Waals surface area contributed by atoms with Crippen molar-refractivity contribution in [3.63, 3.8) is 0 Å². The number of hydrogen-bond acceptors (Lipinski definition) is 4. The SMILES string of the molecule is CCSC(NC=O)C(=O)C(=O)NC. The van der Waals surface area contributed by atoms with Gasteiger partial charge in [0.2, 0.25) is 6.41 Å². The minimum absolute atomic E-state index is 0.411. The molecule has 0 radical (unpaired) electrons. The highest BCUT2D eigenvalue weighted by Crippen LogP contribution is 2.07. The summed E-state index contributed by atoms with van der Waals surface area (Å²) in [6, 6.07) is 0. The number of thioether (sulfide) groups is 1. The summed E-state index contributed by atoms with van der Waals surface area (Å²) in [6.45, 7) is 1.83. The van der Waals surface area contributed by atoms with Crippen molar-refractivity contribution >= 4 is 29.9 Å². The molecule has 0 aromatic carbocycles. The molecule has 5 nitrogen and oxygen atoms in total. The van der Waals surface area contributed by atoms with Crippen LogP contribution in [0.15, 0.2) is 0 Å². The van der Waals surface area contributed by atoms with Crippen LogP contribution in [0.3, 0.4) is 0 Å². The van der Waals surface area contributed by atoms with Gasteiger partial charge in [-0.05, 0) is 5.75 Å². The van der Waals surface area contributed by atoms with Gasteiger partial charge < -0.3 is 10.6 Å². The molecular formula is C7H12N2O3S. The summed E-state index contributed by atoms with van der Waals surface area (Å²) in [7, 11) is 1.37. The molecule has 0 rings (SSSR count). The summed E-state index contributed by atoms with van der Waals surface area (Å²) in [5.41, 5.74) is 0. The minimum Gasteiger partial charge on any atom is -0.352 e. The highest BCUT2D eigenvalue weighted by Gasteiger charge is 2.23. The third-order valence-corrected chi connectivity index (χ3v) is 2.26. The van der Waals surface area contributed by atoms with Crippen molar-refractivity contribution in [3.8, 4) is 0 Å². The van der Waals surface area contributed by atoms with Gasteiger partial charge in [0.25, 0.3) is 11.7 Å². The van der Waals surface area contributed by atoms with Crippen LogP contribution in [-0.2, 0) is 14.4 Å². The predicted molar refractivity (Wildman–Crippen MR) is 50.2 cm³/mol. The quantitative estimate of drug-likeness (QED) is 0.335. The second-order valence-corrected chi connectivity index (χ2v) is 3.45. The first kappa shape index (κ1) is 12.0. The second-order valence-electron chi connectivity index (χ2n) is 2.06. The monoisotopic (exact) mass is 204 g/mol. The Hall–Kier alpha value is -1.04. The third-order valence-electron chi connectivity index (χ3n) is 1.24. The number of rotatable bonds is 6. The van der Waals surface area contributed by atoms with Crippen LogP contribution >= 0.6 is 11.8 Å². The first-order chi connectivity index (χ1) is 6.17. The van der Waals surface area contributed by atoms with Gasteiger partial charge in [-0.25, -0.2) is 0 Å². The summed E-state index contributed by atoms with van der Waals surface area (Å²) < 4.78 is 0. The van der Waals surface area contributed by atoms with Gasteiger partial charge in [0.1, 0.15) is 5.37 Å². The summed E-state index contributed by atoms with van der Waals surface area (Å²) in [4.78, 5) is 32.2. The van der Waals surface area contributed by atoms with Gasteiger partial charge >= 0.3 is 0 Å². The van der Waals surface area contributed by atoms with Crippen LogP contribution in [-0.4, -0.2) is 36.3 Å². The van der Waals surface area contributed by atoms with Gasteiger partial charge in [0.15, 0.2) is 0 Å². The fourth-order valence-electron chi connectivity index (χ4n) is 0.670. The molecular weight excluding hydrogens is 192 g/mol. The zero-order chi connectivity index (χ0) is 10.3. The number of amides is 2. The number of hydrogen-bond donors (Lipinski definition) is 2. The molecule has 13 heavy (non-hydrogen) atoms. The molecule has 2 amide bonds. The smallest absolute Gasteiger partial charge is 0.290 e. The Morgan fingerprint density at radius 2 is 2.15 bits per heavy atom. The van der Waals surface area contributed by atoms with E-state index >= 15 is 0 Å². The molecule has 0 spiro atoms. The lowest BCUT2D eigenvalue weighted by Crippen LogP contribution is -2.42. The molecule has 0 fully saturated rings. The summed E-state index contributed by atoms with van der Waals surface area (Å²) in [6.07, 6.45) is 0.411. The van der Waals surface area contributed by atoms with E-state index in [1.165, 1.54) is 18.8 Å². The Bertz CT molecular complexity index is 208. The van der Waals surface area contributed by atoms with Crippen molar-refractivity contribution in [1.29, 1.82) is 0 Å². The fraction of sp³-hybridized carbons (Fsp3) is 0.571. The van der Waals surface area contributed by atoms with E-state index < -0.39 is 17.1 Å². The largest absolute Gasteiger partial charge is 0.352 e. The molecule has 0 aliphatic rings. The van der Waals surface area contributed by atoms with Crippen molar-refractivity contribution in [3.05, 3.63) is 0 Å². The maximum atomic E-state index is 11.2. The molecule has 0 aromatic heterocycles. The van der Waals surface area contributed by atoms with E-state index in [1.807, 2.05) is 6.92 Å². The normalized spacial score (nSPS) is 11.5. The highest BCUT2D eigenvalue weighted by molar-refractivity contribution is 8.00. The standard InChI is InChI=1S/C7H12N2O3S/c1-3-13-7(9-4-10)5(11)6(12)8-2/h4,7H,3H2,1-2H3,(H,8,12)(H,9,10). The van der Waals surface area contributed by atoms with E-state index in [9.17, 15) is 14.4 Å². The van der Waals surface area contributed by atoms with E-state index in [1.54, 1.807) is 0 Å². The zero-order valence-electron chi connectivity index (χ0n) is 7.49. The van der Waals surface area contributed by atoms with Crippen LogP contribution in [0.2, 0.25) is 0 Å². The van der Waals surface area contributed by atoms with Crippen LogP contribution in [0, 0.1) is 0 Å². The number of likely N-dealkylation sites (N-methyl/N-ethyl adjacent to an activating group) is 1. The lowest BCUT2D eigenvalue weighted by atomic mass is 10.3. The van der Waals surface area contributed by atoms with E-state index in [2.05, 4.69) is 10.6 Å². The number of Topliss-reactive ketones (excluding diaryl/α,β-unsaturated/α-hetero) is 1. The Morgan fingerprint density at radius 3 is 2.54 bits per heavy atom. The molecule has 0 saturated heterocycles. The molecule has 0 aliphatic heterocycles. The molecule has 0 bridgehead atoms. The number of carbonyl (C=O) groups is 3. The van der Waals surface area contributed by atoms with Gasteiger partial charge in [0, 0.05) is 7.05 Å². The van der Waals surface area contributed by atoms with Crippen LogP contribution in [0.1, 0.15) is 6.92 Å². The topological polar surface area (TPSA) is 75.3 Å². The summed E-state index contributed by atoms with van der Waals surface area (Å²) >= 11 is 1.20. The third kappa shape index (κ3) is 3.93. The molecule has 0 aromatic rings. The fourth-order valence-corrected chi connectivity index (χ4v) is 1.41. The van der Waals surface area contributed by atoms with Gasteiger partial charge in [0.05, 0.1) is 0 Å². The average molecular weight is 204 g/mol. The number of ketones is 1. The van der Waals surface area contributed by atoms with Crippen LogP contribution in [0.4, 0.5) is 0 Å². The first-order valence-electron chi connectivity index (χ1n) is 3.74. The average Bonchev–Trinajstić information content (AvgIpc) is 2.15. The van der Waals surface area contributed by atoms with Crippen molar-refractivity contribution < 1.29 is 14.4 Å². The van der Waals surface area contributed by atoms with Crippen molar-refractivity contribution in [2.24, 2.45) is 0 Å². The minimum atomic E-state index is -0.776. The molecule has 1 atom stereocenters. The van der Waals surface area contributed by atoms with Crippen molar-refractivity contribution in [2.45, 2.75) is 12.3 Å². The Balaban J connectivity index is 4.26. The molecule has 74 valence electrons. The van der Waals surface area contributed by atoms with E-state index in [0.717, 1.165) is 0 Å². The van der Waals surface area contributed by atoms with Gasteiger partial charge in [-0.2, -0.15) is 0 Å². The number of carbonyl (C=O) groups excluding carboxylic acids is 3. The predicted octanol–water partition coefficient (Wildman–Crippen LogP) is -0.873. The molecule has 2 N–H and O–H groups in total. The maximum Gasteiger partial charge on any atom is 0.290 e. The lowest BCUT2D eigenvalue weighted by molar-refractivity contribution is -0.137. The molecule has 1 unspecified atom stereocenters. The highest BCUT2D eigenvalue weighted by atomic mass is 32.2. The van der Waals surface area contributed by atoms with E-state index in [-0.39, 0.29) is 0 Å². The second kappa shape index (κ2) is 6.47. The Morgan fingerprint density at radius 1 is 1.54 bits per heavy atom. The molecule has 0 saturated carbocycles. The van der Waals surface area contributed by atoms with Crippen LogP contribution in [0.25, 0.3) is 0 Å². The van der Waals surface area contributed by atoms with Gasteiger partial charge in [-0.1, -0.05) is 6.92 Å². The van der Waals surface area contributed by atoms with Crippen molar-refractivity contribution in [2.75, 3.05) is 12.8 Å².